The summed E-state index contributed by atoms with van der Waals surface area (Å²) >= 11 is 1.66. The number of likely N-dealkylation sites (tertiary alicyclic amines) is 1. The molecular formula is C27H42N2O5S. The van der Waals surface area contributed by atoms with Gasteiger partial charge >= 0.3 is 5.97 Å². The summed E-state index contributed by atoms with van der Waals surface area (Å²) in [6.45, 7) is 13.3. The first-order valence-electron chi connectivity index (χ1n) is 13.1. The number of aliphatic hydroxyl groups is 1. The Hall–Kier alpha value is -1.80. The molecule has 0 aromatic heterocycles. The van der Waals surface area contributed by atoms with Crippen molar-refractivity contribution in [3.05, 3.63) is 25.3 Å². The first-order chi connectivity index (χ1) is 16.8. The quantitative estimate of drug-likeness (QED) is 0.208. The molecule has 2 unspecified atom stereocenters. The van der Waals surface area contributed by atoms with E-state index >= 15 is 0 Å². The number of nitrogens with zero attached hydrogens (tertiary/aromatic N) is 2. The van der Waals surface area contributed by atoms with Crippen molar-refractivity contribution in [1.82, 2.24) is 9.80 Å². The second-order valence-corrected chi connectivity index (χ2v) is 12.1. The van der Waals surface area contributed by atoms with Gasteiger partial charge in [0.1, 0.15) is 6.04 Å². The van der Waals surface area contributed by atoms with Crippen LogP contribution in [-0.4, -0.2) is 81.1 Å². The Kier molecular flexibility index (Phi) is 9.49. The van der Waals surface area contributed by atoms with E-state index in [4.69, 9.17) is 4.74 Å². The Morgan fingerprint density at radius 3 is 2.66 bits per heavy atom. The Labute approximate surface area is 214 Å². The van der Waals surface area contributed by atoms with Crippen LogP contribution in [-0.2, 0) is 19.1 Å². The average Bonchev–Trinajstić information content (AvgIpc) is 3.40. The number of hydrogen-bond donors (Lipinski definition) is 1. The molecule has 0 aromatic carbocycles. The van der Waals surface area contributed by atoms with E-state index in [1.807, 2.05) is 4.90 Å². The Morgan fingerprint density at radius 1 is 1.23 bits per heavy atom. The van der Waals surface area contributed by atoms with E-state index in [-0.39, 0.29) is 24.4 Å². The van der Waals surface area contributed by atoms with E-state index in [9.17, 15) is 19.5 Å². The molecule has 7 nitrogen and oxygen atoms in total. The highest BCUT2D eigenvalue weighted by atomic mass is 32.2. The number of amides is 2. The minimum Gasteiger partial charge on any atom is -0.465 e. The number of ether oxygens (including phenoxy) is 1. The number of fused-ring (bicyclic) bond motifs is 1. The zero-order valence-electron chi connectivity index (χ0n) is 21.4. The summed E-state index contributed by atoms with van der Waals surface area (Å²) in [7, 11) is 0. The molecule has 196 valence electrons. The molecule has 3 aliphatic rings. The second kappa shape index (κ2) is 12.0. The van der Waals surface area contributed by atoms with E-state index < -0.39 is 27.4 Å². The molecule has 0 aliphatic carbocycles. The first-order valence-corrected chi connectivity index (χ1v) is 13.9. The van der Waals surface area contributed by atoms with Crippen LogP contribution in [0.1, 0.15) is 65.2 Å². The molecule has 3 heterocycles. The number of unbranched alkanes of at least 4 members (excludes halogenated alkanes) is 3. The Balaban J connectivity index is 1.93. The van der Waals surface area contributed by atoms with Crippen LogP contribution in [0.5, 0.6) is 0 Å². The van der Waals surface area contributed by atoms with Gasteiger partial charge in [-0.1, -0.05) is 31.9 Å². The zero-order valence-corrected chi connectivity index (χ0v) is 22.2. The number of allylic oxidation sites excluding steroid dienone is 1. The fourth-order valence-corrected chi connectivity index (χ4v) is 8.55. The molecule has 1 N–H and O–H groups in total. The Bertz CT molecular complexity index is 819. The van der Waals surface area contributed by atoms with Crippen LogP contribution in [0.4, 0.5) is 0 Å². The summed E-state index contributed by atoms with van der Waals surface area (Å²) in [5.74, 6) is -1.68. The van der Waals surface area contributed by atoms with Crippen LogP contribution in [0, 0.1) is 11.8 Å². The lowest BCUT2D eigenvalue weighted by molar-refractivity contribution is -0.155. The maximum absolute atomic E-state index is 14.1. The third-order valence-corrected chi connectivity index (χ3v) is 9.80. The van der Waals surface area contributed by atoms with Gasteiger partial charge in [-0.15, -0.1) is 24.9 Å². The van der Waals surface area contributed by atoms with Crippen molar-refractivity contribution in [2.45, 2.75) is 80.7 Å². The van der Waals surface area contributed by atoms with E-state index in [2.05, 4.69) is 27.0 Å². The lowest BCUT2D eigenvalue weighted by Crippen LogP contribution is -2.55. The monoisotopic (exact) mass is 506 g/mol. The molecule has 0 radical (unpaired) electrons. The highest BCUT2D eigenvalue weighted by Gasteiger charge is 2.77. The van der Waals surface area contributed by atoms with Gasteiger partial charge in [0.05, 0.1) is 23.2 Å². The van der Waals surface area contributed by atoms with Gasteiger partial charge in [0.25, 0.3) is 0 Å². The molecule has 0 saturated carbocycles. The molecule has 2 amide bonds. The molecule has 3 saturated heterocycles. The number of aliphatic hydroxyl groups excluding tert-OH is 1. The second-order valence-electron chi connectivity index (χ2n) is 10.2. The number of thioether (sulfide) groups is 1. The van der Waals surface area contributed by atoms with Gasteiger partial charge in [-0.25, -0.2) is 0 Å². The summed E-state index contributed by atoms with van der Waals surface area (Å²) in [5.41, 5.74) is 0. The predicted molar refractivity (Wildman–Crippen MR) is 139 cm³/mol. The maximum Gasteiger partial charge on any atom is 0.311 e. The number of rotatable bonds is 15. The smallest absolute Gasteiger partial charge is 0.311 e. The molecule has 5 atom stereocenters. The van der Waals surface area contributed by atoms with Crippen molar-refractivity contribution < 1.29 is 24.2 Å². The topological polar surface area (TPSA) is 87.1 Å². The number of hydrogen-bond acceptors (Lipinski definition) is 6. The molecule has 3 fully saturated rings. The third kappa shape index (κ3) is 5.19. The summed E-state index contributed by atoms with van der Waals surface area (Å²) in [5, 5.41) is 9.50. The van der Waals surface area contributed by atoms with Crippen LogP contribution < -0.4 is 0 Å². The number of carbonyl (C=O) groups excluding carboxylic acids is 3. The van der Waals surface area contributed by atoms with Crippen molar-refractivity contribution in [3.8, 4) is 0 Å². The highest BCUT2D eigenvalue weighted by molar-refractivity contribution is 8.02. The number of carbonyl (C=O) groups is 3. The molecule has 35 heavy (non-hydrogen) atoms. The van der Waals surface area contributed by atoms with Crippen molar-refractivity contribution in [3.63, 3.8) is 0 Å². The van der Waals surface area contributed by atoms with E-state index in [1.165, 1.54) is 0 Å². The van der Waals surface area contributed by atoms with Crippen LogP contribution >= 0.6 is 11.8 Å². The lowest BCUT2D eigenvalue weighted by Gasteiger charge is -2.37. The van der Waals surface area contributed by atoms with Crippen LogP contribution in [0.15, 0.2) is 25.3 Å². The minimum atomic E-state index is -0.645. The summed E-state index contributed by atoms with van der Waals surface area (Å²) in [6.07, 6.45) is 9.85. The fraction of sp³-hybridized carbons (Fsp3) is 0.741. The summed E-state index contributed by atoms with van der Waals surface area (Å²) in [4.78, 5) is 44.8. The molecule has 2 bridgehead atoms. The van der Waals surface area contributed by atoms with E-state index in [1.54, 1.807) is 28.8 Å². The number of esters is 1. The van der Waals surface area contributed by atoms with Gasteiger partial charge in [0.15, 0.2) is 0 Å². The van der Waals surface area contributed by atoms with Crippen molar-refractivity contribution in [2.75, 3.05) is 32.8 Å². The van der Waals surface area contributed by atoms with Crippen LogP contribution in [0.3, 0.4) is 0 Å². The van der Waals surface area contributed by atoms with Crippen LogP contribution in [0.2, 0.25) is 0 Å². The fourth-order valence-electron chi connectivity index (χ4n) is 6.21. The van der Waals surface area contributed by atoms with Crippen molar-refractivity contribution >= 4 is 29.5 Å². The lowest BCUT2D eigenvalue weighted by atomic mass is 9.66. The third-order valence-electron chi connectivity index (χ3n) is 7.81. The van der Waals surface area contributed by atoms with Gasteiger partial charge in [-0.3, -0.25) is 14.4 Å². The zero-order chi connectivity index (χ0) is 25.6. The van der Waals surface area contributed by atoms with Crippen molar-refractivity contribution in [1.29, 1.82) is 0 Å². The average molecular weight is 507 g/mol. The van der Waals surface area contributed by atoms with Crippen molar-refractivity contribution in [2.24, 2.45) is 11.8 Å². The van der Waals surface area contributed by atoms with Gasteiger partial charge < -0.3 is 19.6 Å². The maximum atomic E-state index is 14.1. The standard InChI is InChI=1S/C27H42N2O5S/c1-5-8-10-16-28(15-7-3)24(32)22-27-14-13-26(4,35-27)21(25(33)34-19-11-9-6-2)20(27)23(31)29(22)17-12-18-30/h6-7,20-22,30H,2-3,5,8-19H2,1,4H3/t20-,21-,22?,26+,27?/m0/s1. The largest absolute Gasteiger partial charge is 0.465 e. The molecule has 3 rings (SSSR count). The van der Waals surface area contributed by atoms with E-state index in [0.29, 0.717) is 45.5 Å². The normalized spacial score (nSPS) is 30.9. The van der Waals surface area contributed by atoms with Gasteiger partial charge in [-0.2, -0.15) is 0 Å². The van der Waals surface area contributed by atoms with Gasteiger partial charge in [0, 0.05) is 31.0 Å². The molecule has 1 spiro atoms. The first kappa shape index (κ1) is 27.8. The van der Waals surface area contributed by atoms with E-state index in [0.717, 1.165) is 32.1 Å². The molecular weight excluding hydrogens is 464 g/mol. The minimum absolute atomic E-state index is 0.0607. The summed E-state index contributed by atoms with van der Waals surface area (Å²) in [6, 6.07) is -0.640. The molecule has 0 aromatic rings. The molecule has 8 heteroatoms. The van der Waals surface area contributed by atoms with Crippen LogP contribution in [0.25, 0.3) is 0 Å². The summed E-state index contributed by atoms with van der Waals surface area (Å²) < 4.78 is 4.57. The Morgan fingerprint density at radius 2 is 2.00 bits per heavy atom. The molecule has 3 aliphatic heterocycles. The highest BCUT2D eigenvalue weighted by Crippen LogP contribution is 2.71. The van der Waals surface area contributed by atoms with Gasteiger partial charge in [0.2, 0.25) is 11.8 Å². The van der Waals surface area contributed by atoms with Gasteiger partial charge in [-0.05, 0) is 45.4 Å². The predicted octanol–water partition coefficient (Wildman–Crippen LogP) is 3.56. The SMILES string of the molecule is C=CCCCOC(=O)[C@@H]1[C@H]2C(=O)N(CCCO)C(C(=O)N(CC=C)CCCCC)C23CC[C@@]1(C)S3.